The minimum atomic E-state index is -0.0866. The Morgan fingerprint density at radius 2 is 1.14 bits per heavy atom. The van der Waals surface area contributed by atoms with Crippen LogP contribution in [0.25, 0.3) is 64.2 Å². The Balaban J connectivity index is 1.20. The molecule has 1 aliphatic rings. The normalized spacial score (nSPS) is 13.6. The lowest BCUT2D eigenvalue weighted by Gasteiger charge is -2.42. The predicted octanol–water partition coefficient (Wildman–Crippen LogP) is 13.2. The quantitative estimate of drug-likeness (QED) is 0.178. The van der Waals surface area contributed by atoms with Crippen LogP contribution in [0.15, 0.2) is 158 Å². The van der Waals surface area contributed by atoms with Crippen molar-refractivity contribution in [3.63, 3.8) is 0 Å². The summed E-state index contributed by atoms with van der Waals surface area (Å²) >= 11 is 1.87. The molecule has 3 heterocycles. The van der Waals surface area contributed by atoms with Gasteiger partial charge in [-0.05, 0) is 53.1 Å². The molecule has 0 amide bonds. The molecule has 0 saturated carbocycles. The number of anilines is 3. The predicted molar refractivity (Wildman–Crippen MR) is 210 cm³/mol. The lowest BCUT2D eigenvalue weighted by Crippen LogP contribution is -2.30. The van der Waals surface area contributed by atoms with E-state index in [1.807, 2.05) is 11.3 Å². The second-order valence-corrected chi connectivity index (χ2v) is 14.6. The molecule has 0 aliphatic carbocycles. The van der Waals surface area contributed by atoms with E-state index in [1.54, 1.807) is 0 Å². The molecule has 0 spiro atoms. The number of hydrogen-bond acceptors (Lipinski definition) is 3. The third-order valence-corrected chi connectivity index (χ3v) is 11.6. The molecule has 0 N–H and O–H groups in total. The molecular formula is C46H32N2S. The van der Waals surface area contributed by atoms with Crippen molar-refractivity contribution in [2.24, 2.45) is 0 Å². The fraction of sp³-hybridized carbons (Fsp3) is 0.0652. The van der Waals surface area contributed by atoms with Gasteiger partial charge in [0.1, 0.15) is 0 Å². The Morgan fingerprint density at radius 3 is 1.90 bits per heavy atom. The third kappa shape index (κ3) is 4.16. The van der Waals surface area contributed by atoms with Gasteiger partial charge >= 0.3 is 0 Å². The van der Waals surface area contributed by atoms with Gasteiger partial charge in [0.25, 0.3) is 0 Å². The van der Waals surface area contributed by atoms with Gasteiger partial charge in [0.15, 0.2) is 0 Å². The van der Waals surface area contributed by atoms with Crippen LogP contribution in [0.2, 0.25) is 0 Å². The van der Waals surface area contributed by atoms with Gasteiger partial charge in [0.2, 0.25) is 0 Å². The zero-order chi connectivity index (χ0) is 32.7. The minimum Gasteiger partial charge on any atom is -0.310 e. The maximum atomic E-state index is 5.50. The average Bonchev–Trinajstić information content (AvgIpc) is 3.54. The van der Waals surface area contributed by atoms with Crippen molar-refractivity contribution in [2.45, 2.75) is 19.3 Å². The fourth-order valence-corrected chi connectivity index (χ4v) is 9.23. The van der Waals surface area contributed by atoms with Crippen molar-refractivity contribution in [1.29, 1.82) is 0 Å². The Bertz CT molecular complexity index is 2690. The van der Waals surface area contributed by atoms with E-state index in [2.05, 4.69) is 176 Å². The van der Waals surface area contributed by atoms with Gasteiger partial charge in [-0.3, -0.25) is 0 Å². The van der Waals surface area contributed by atoms with Gasteiger partial charge in [-0.2, -0.15) is 0 Å². The van der Waals surface area contributed by atoms with Crippen LogP contribution in [-0.2, 0) is 5.41 Å². The van der Waals surface area contributed by atoms with Crippen LogP contribution < -0.4 is 4.90 Å². The molecule has 0 saturated heterocycles. The lowest BCUT2D eigenvalue weighted by molar-refractivity contribution is 0.632. The first kappa shape index (κ1) is 28.3. The van der Waals surface area contributed by atoms with E-state index in [9.17, 15) is 0 Å². The van der Waals surface area contributed by atoms with Crippen LogP contribution in [-0.4, -0.2) is 4.98 Å². The first-order chi connectivity index (χ1) is 24.1. The number of thiophene rings is 1. The Hall–Kier alpha value is -5.77. The van der Waals surface area contributed by atoms with Crippen molar-refractivity contribution < 1.29 is 0 Å². The molecule has 49 heavy (non-hydrogen) atoms. The van der Waals surface area contributed by atoms with E-state index in [4.69, 9.17) is 4.98 Å². The number of pyridine rings is 1. The number of aromatic nitrogens is 1. The molecule has 0 fully saturated rings. The molecule has 0 bridgehead atoms. The van der Waals surface area contributed by atoms with Crippen LogP contribution in [0.4, 0.5) is 17.1 Å². The minimum absolute atomic E-state index is 0.0866. The Labute approximate surface area is 289 Å². The Morgan fingerprint density at radius 1 is 0.490 bits per heavy atom. The van der Waals surface area contributed by atoms with Gasteiger partial charge in [-0.25, -0.2) is 4.98 Å². The van der Waals surface area contributed by atoms with Gasteiger partial charge in [-0.1, -0.05) is 135 Å². The second-order valence-electron chi connectivity index (χ2n) is 13.5. The largest absolute Gasteiger partial charge is 0.310 e. The summed E-state index contributed by atoms with van der Waals surface area (Å²) in [7, 11) is 0. The molecular weight excluding hydrogens is 613 g/mol. The van der Waals surface area contributed by atoms with Crippen LogP contribution in [0.5, 0.6) is 0 Å². The van der Waals surface area contributed by atoms with Crippen molar-refractivity contribution in [1.82, 2.24) is 4.98 Å². The van der Waals surface area contributed by atoms with Crippen molar-refractivity contribution in [3.8, 4) is 22.4 Å². The second kappa shape index (κ2) is 10.6. The summed E-state index contributed by atoms with van der Waals surface area (Å²) < 4.78 is 2.62. The third-order valence-electron chi connectivity index (χ3n) is 10.4. The molecule has 7 aromatic carbocycles. The van der Waals surface area contributed by atoms with Crippen LogP contribution >= 0.6 is 11.3 Å². The van der Waals surface area contributed by atoms with Crippen LogP contribution in [0.1, 0.15) is 25.0 Å². The number of para-hydroxylation sites is 3. The smallest absolute Gasteiger partial charge is 0.0794 e. The monoisotopic (exact) mass is 644 g/mol. The topological polar surface area (TPSA) is 16.1 Å². The summed E-state index contributed by atoms with van der Waals surface area (Å²) in [6, 6.07) is 57.4. The van der Waals surface area contributed by atoms with E-state index >= 15 is 0 Å². The number of benzene rings is 7. The Kier molecular flexibility index (Phi) is 6.12. The average molecular weight is 645 g/mol. The SMILES string of the molecule is CC1(C)c2ccccc2N(c2ccc(-c3cccc4c3nc(-c3ccccc3)c3ccc5sc6ccccc6c5c34)cc2)c2ccccc21. The molecule has 232 valence electrons. The molecule has 0 unspecified atom stereocenters. The zero-order valence-electron chi connectivity index (χ0n) is 27.3. The summed E-state index contributed by atoms with van der Waals surface area (Å²) in [6.07, 6.45) is 0. The van der Waals surface area contributed by atoms with Crippen LogP contribution in [0, 0.1) is 0 Å². The zero-order valence-corrected chi connectivity index (χ0v) is 28.1. The molecule has 10 rings (SSSR count). The highest BCUT2D eigenvalue weighted by molar-refractivity contribution is 7.26. The highest BCUT2D eigenvalue weighted by Crippen LogP contribution is 2.52. The standard InChI is InChI=1S/C46H32N2S/c1-46(2)36-18-7-9-20-38(36)48(39-21-10-8-19-37(39)46)31-25-23-29(24-26-31)32-16-12-17-34-42-35(44(47-45(32)34)30-13-4-3-5-14-30)27-28-41-43(42)33-15-6-11-22-40(33)49-41/h3-28H,1-2H3. The van der Waals surface area contributed by atoms with E-state index < -0.39 is 0 Å². The van der Waals surface area contributed by atoms with E-state index in [0.717, 1.165) is 33.6 Å². The maximum absolute atomic E-state index is 5.50. The molecule has 9 aromatic rings. The van der Waals surface area contributed by atoms with Crippen molar-refractivity contribution >= 4 is 70.2 Å². The number of hydrogen-bond donors (Lipinski definition) is 0. The van der Waals surface area contributed by atoms with Crippen molar-refractivity contribution in [2.75, 3.05) is 4.90 Å². The lowest BCUT2D eigenvalue weighted by atomic mass is 9.73. The summed E-state index contributed by atoms with van der Waals surface area (Å²) in [6.45, 7) is 4.66. The van der Waals surface area contributed by atoms with E-state index in [-0.39, 0.29) is 5.41 Å². The van der Waals surface area contributed by atoms with Crippen LogP contribution in [0.3, 0.4) is 0 Å². The van der Waals surface area contributed by atoms with E-state index in [1.165, 1.54) is 58.8 Å². The molecule has 0 radical (unpaired) electrons. The van der Waals surface area contributed by atoms with Gasteiger partial charge in [-0.15, -0.1) is 11.3 Å². The highest BCUT2D eigenvalue weighted by atomic mass is 32.1. The molecule has 3 heteroatoms. The number of fused-ring (bicyclic) bond motifs is 9. The first-order valence-electron chi connectivity index (χ1n) is 16.9. The van der Waals surface area contributed by atoms with Crippen molar-refractivity contribution in [3.05, 3.63) is 169 Å². The van der Waals surface area contributed by atoms with Gasteiger partial charge in [0.05, 0.1) is 22.6 Å². The molecule has 0 atom stereocenters. The maximum Gasteiger partial charge on any atom is 0.0794 e. The van der Waals surface area contributed by atoms with Gasteiger partial charge in [0, 0.05) is 58.6 Å². The molecule has 1 aliphatic heterocycles. The summed E-state index contributed by atoms with van der Waals surface area (Å²) in [5, 5.41) is 6.28. The fourth-order valence-electron chi connectivity index (χ4n) is 8.12. The summed E-state index contributed by atoms with van der Waals surface area (Å²) in [4.78, 5) is 7.92. The number of rotatable bonds is 3. The van der Waals surface area contributed by atoms with Gasteiger partial charge < -0.3 is 4.90 Å². The molecule has 2 aromatic heterocycles. The number of nitrogens with zero attached hydrogens (tertiary/aromatic N) is 2. The summed E-state index contributed by atoms with van der Waals surface area (Å²) in [5.74, 6) is 0. The molecule has 2 nitrogen and oxygen atoms in total. The summed E-state index contributed by atoms with van der Waals surface area (Å²) in [5.41, 5.74) is 11.7. The van der Waals surface area contributed by atoms with E-state index in [0.29, 0.717) is 0 Å². The first-order valence-corrected chi connectivity index (χ1v) is 17.7. The highest BCUT2D eigenvalue weighted by Gasteiger charge is 2.36.